The predicted octanol–water partition coefficient (Wildman–Crippen LogP) is 11.5. The van der Waals surface area contributed by atoms with Crippen LogP contribution in [-0.4, -0.2) is 22.5 Å². The number of carbonyl (C=O) groups excluding carboxylic acids is 1. The molecule has 0 bridgehead atoms. The molecule has 12 heteroatoms. The first kappa shape index (κ1) is 39.4. The van der Waals surface area contributed by atoms with Crippen LogP contribution >= 0.6 is 97.1 Å². The second-order valence-electron chi connectivity index (χ2n) is 8.16. The molecule has 0 aliphatic heterocycles. The Balaban J connectivity index is 0.000000548. The first-order chi connectivity index (χ1) is 18.6. The van der Waals surface area contributed by atoms with Gasteiger partial charge in [0.2, 0.25) is 0 Å². The van der Waals surface area contributed by atoms with E-state index in [-0.39, 0.29) is 6.54 Å². The third-order valence-corrected chi connectivity index (χ3v) is 7.17. The molecular weight excluding hydrogens is 727 g/mol. The largest absolute Gasteiger partial charge is 0.336 e. The maximum absolute atomic E-state index is 11.8. The highest BCUT2D eigenvalue weighted by atomic mass is 79.9. The number of hydrogen-bond acceptors (Lipinski definition) is 1. The highest BCUT2D eigenvalue weighted by Gasteiger charge is 2.11. The van der Waals surface area contributed by atoms with Crippen LogP contribution < -0.4 is 10.6 Å². The van der Waals surface area contributed by atoms with Gasteiger partial charge in [0, 0.05) is 33.5 Å². The summed E-state index contributed by atoms with van der Waals surface area (Å²) in [5.74, 6) is 0. The van der Waals surface area contributed by atoms with Crippen LogP contribution in [0.5, 0.6) is 0 Å². The molecule has 40 heavy (non-hydrogen) atoms. The molecule has 0 fully saturated rings. The molecule has 3 rings (SSSR count). The Morgan fingerprint density at radius 3 is 1.48 bits per heavy atom. The van der Waals surface area contributed by atoms with Crippen molar-refractivity contribution in [2.24, 2.45) is 0 Å². The summed E-state index contributed by atoms with van der Waals surface area (Å²) in [6.45, 7) is 7.71. The molecule has 222 valence electrons. The van der Waals surface area contributed by atoms with Crippen LogP contribution in [0.15, 0.2) is 54.6 Å². The van der Waals surface area contributed by atoms with E-state index in [2.05, 4.69) is 26.6 Å². The summed E-state index contributed by atoms with van der Waals surface area (Å²) < 4.78 is 10.2. The highest BCUT2D eigenvalue weighted by molar-refractivity contribution is 9.08. The number of hydrogen-bond donors (Lipinski definition) is 2. The van der Waals surface area contributed by atoms with Crippen molar-refractivity contribution >= 4 is 103 Å². The van der Waals surface area contributed by atoms with Crippen molar-refractivity contribution in [1.29, 1.82) is 0 Å². The number of alkyl halides is 6. The smallest absolute Gasteiger partial charge is 0.315 e. The summed E-state index contributed by atoms with van der Waals surface area (Å²) in [5.41, 5.74) is 6.40. The van der Waals surface area contributed by atoms with Crippen LogP contribution in [-0.2, 0) is 11.9 Å². The van der Waals surface area contributed by atoms with Gasteiger partial charge in [0.05, 0.1) is 0 Å². The summed E-state index contributed by atoms with van der Waals surface area (Å²) in [6.07, 6.45) is 0. The fourth-order valence-corrected chi connectivity index (χ4v) is 3.99. The van der Waals surface area contributed by atoms with E-state index in [9.17, 15) is 9.18 Å². The fourth-order valence-electron chi connectivity index (χ4n) is 2.85. The second-order valence-corrected chi connectivity index (χ2v) is 13.3. The zero-order chi connectivity index (χ0) is 30.9. The average molecular weight is 759 g/mol. The van der Waals surface area contributed by atoms with Crippen molar-refractivity contribution in [3.8, 4) is 0 Å². The summed E-state index contributed by atoms with van der Waals surface area (Å²) >= 11 is 40.6. The average Bonchev–Trinajstić information content (AvgIpc) is 2.88. The lowest BCUT2D eigenvalue weighted by Crippen LogP contribution is -2.36. The molecule has 2 N–H and O–H groups in total. The maximum Gasteiger partial charge on any atom is 0.315 e. The Labute approximate surface area is 280 Å². The molecule has 3 aromatic rings. The van der Waals surface area contributed by atoms with Crippen molar-refractivity contribution in [3.63, 3.8) is 0 Å². The molecular formula is C28H31BrCl7FN2O. The van der Waals surface area contributed by atoms with Gasteiger partial charge in [-0.05, 0) is 61.1 Å². The Morgan fingerprint density at radius 2 is 1.10 bits per heavy atom. The Hall–Kier alpha value is -0.630. The van der Waals surface area contributed by atoms with Gasteiger partial charge in [0.1, 0.15) is 6.67 Å². The van der Waals surface area contributed by atoms with E-state index in [4.69, 9.17) is 81.2 Å². The molecule has 0 radical (unpaired) electrons. The normalized spacial score (nSPS) is 10.1. The summed E-state index contributed by atoms with van der Waals surface area (Å²) in [4.78, 5) is 11.1. The number of amides is 2. The van der Waals surface area contributed by atoms with E-state index in [0.29, 0.717) is 11.6 Å². The molecule has 0 aliphatic rings. The predicted molar refractivity (Wildman–Crippen MR) is 178 cm³/mol. The summed E-state index contributed by atoms with van der Waals surface area (Å²) in [7, 11) is 0. The van der Waals surface area contributed by atoms with Gasteiger partial charge >= 0.3 is 6.03 Å². The number of nitrogens with one attached hydrogen (secondary N) is 2. The number of carbonyl (C=O) groups is 1. The topological polar surface area (TPSA) is 41.1 Å². The van der Waals surface area contributed by atoms with Gasteiger partial charge < -0.3 is 10.6 Å². The van der Waals surface area contributed by atoms with Gasteiger partial charge in [-0.3, -0.25) is 0 Å². The Kier molecular flexibility index (Phi) is 20.8. The van der Waals surface area contributed by atoms with Gasteiger partial charge in [-0.1, -0.05) is 152 Å². The fraction of sp³-hybridized carbons (Fsp3) is 0.321. The monoisotopic (exact) mass is 754 g/mol. The lowest BCUT2D eigenvalue weighted by Gasteiger charge is -2.09. The number of urea groups is 1. The van der Waals surface area contributed by atoms with E-state index in [0.717, 1.165) is 48.8 Å². The van der Waals surface area contributed by atoms with Crippen LogP contribution in [0.4, 0.5) is 9.18 Å². The van der Waals surface area contributed by atoms with Gasteiger partial charge in [0.15, 0.2) is 0 Å². The lowest BCUT2D eigenvalue weighted by atomic mass is 10.1. The third-order valence-electron chi connectivity index (χ3n) is 4.89. The molecule has 0 saturated heterocycles. The molecule has 3 nitrogen and oxygen atoms in total. The molecule has 2 amide bonds. The van der Waals surface area contributed by atoms with Gasteiger partial charge in [-0.25, -0.2) is 9.18 Å². The number of rotatable bonds is 5. The maximum atomic E-state index is 11.8. The van der Waals surface area contributed by atoms with Crippen LogP contribution in [0.3, 0.4) is 0 Å². The molecule has 0 unspecified atom stereocenters. The molecule has 3 aromatic carbocycles. The number of benzene rings is 3. The van der Waals surface area contributed by atoms with Crippen molar-refractivity contribution in [1.82, 2.24) is 10.6 Å². The van der Waals surface area contributed by atoms with Gasteiger partial charge in [-0.2, -0.15) is 0 Å². The Morgan fingerprint density at radius 1 is 0.725 bits per heavy atom. The van der Waals surface area contributed by atoms with Crippen molar-refractivity contribution in [2.75, 3.05) is 13.2 Å². The first-order valence-electron chi connectivity index (χ1n) is 11.7. The Bertz CT molecular complexity index is 1170. The second kappa shape index (κ2) is 21.1. The van der Waals surface area contributed by atoms with Crippen LogP contribution in [0.2, 0.25) is 15.1 Å². The number of halogens is 9. The lowest BCUT2D eigenvalue weighted by molar-refractivity contribution is 0.239. The molecule has 0 aromatic heterocycles. The number of aryl methyl sites for hydroxylation is 4. The van der Waals surface area contributed by atoms with E-state index < -0.39 is 16.0 Å². The molecule has 0 aliphatic carbocycles. The van der Waals surface area contributed by atoms with E-state index in [1.165, 1.54) is 0 Å². The van der Waals surface area contributed by atoms with Gasteiger partial charge in [-0.15, -0.1) is 0 Å². The highest BCUT2D eigenvalue weighted by Crippen LogP contribution is 2.30. The zero-order valence-electron chi connectivity index (χ0n) is 22.3. The van der Waals surface area contributed by atoms with Crippen molar-refractivity contribution in [2.45, 2.75) is 42.8 Å². The summed E-state index contributed by atoms with van der Waals surface area (Å²) in [5, 5.41) is 8.20. The van der Waals surface area contributed by atoms with E-state index in [1.807, 2.05) is 82.3 Å². The van der Waals surface area contributed by atoms with Crippen molar-refractivity contribution in [3.05, 3.63) is 103 Å². The first-order valence-corrected chi connectivity index (χ1v) is 15.5. The minimum Gasteiger partial charge on any atom is -0.336 e. The van der Waals surface area contributed by atoms with Crippen LogP contribution in [0.1, 0.15) is 33.4 Å². The summed E-state index contributed by atoms with van der Waals surface area (Å²) in [6, 6.07) is 17.3. The van der Waals surface area contributed by atoms with Crippen LogP contribution in [0, 0.1) is 27.7 Å². The molecule has 0 saturated carbocycles. The third kappa shape index (κ3) is 18.0. The van der Waals surface area contributed by atoms with Crippen molar-refractivity contribution < 1.29 is 9.18 Å². The SMILES string of the molecule is Cc1cccc(C)c1Cl.Cc1cccc(CBr)c1Cl.Cc1cccc(CNC(=O)NCCF)c1Cl.ClC(Cl)(Cl)Cl. The molecule has 0 spiro atoms. The minimum atomic E-state index is -1.61. The quantitative estimate of drug-likeness (QED) is 0.250. The molecule has 0 heterocycles. The van der Waals surface area contributed by atoms with Gasteiger partial charge in [0.25, 0.3) is 3.25 Å². The zero-order valence-corrected chi connectivity index (χ0v) is 29.2. The molecule has 0 atom stereocenters. The van der Waals surface area contributed by atoms with E-state index >= 15 is 0 Å². The standard InChI is InChI=1S/C11H14ClFN2O.C8H8BrCl.C8H9Cl.CCl4/c1-8-3-2-4-9(10(8)12)7-15-11(16)14-6-5-13;1-6-3-2-4-7(5-9)8(6)10;1-6-4-3-5-7(2)8(6)9;2-1(3,4)5/h2-4H,5-7H2,1H3,(H2,14,15,16);2-4H,5H2,1H3;3-5H,1-2H3;. The minimum absolute atomic E-state index is 0.0212. The van der Waals surface area contributed by atoms with Crippen LogP contribution in [0.25, 0.3) is 0 Å². The van der Waals surface area contributed by atoms with E-state index in [1.54, 1.807) is 0 Å².